The molecule has 1 aromatic carbocycles. The number of rotatable bonds is 4. The minimum atomic E-state index is -3.31. The van der Waals surface area contributed by atoms with E-state index in [1.807, 2.05) is 18.4 Å². The number of nitrogens with one attached hydrogen (secondary N) is 1. The average Bonchev–Trinajstić information content (AvgIpc) is 3.12. The molecular weight excluding hydrogens is 346 g/mol. The first-order valence-corrected chi connectivity index (χ1v) is 10.1. The van der Waals surface area contributed by atoms with Crippen LogP contribution in [0.15, 0.2) is 40.9 Å². The lowest BCUT2D eigenvalue weighted by atomic mass is 10.1. The molecule has 3 rings (SSSR count). The number of benzene rings is 1. The molecule has 0 aliphatic heterocycles. The van der Waals surface area contributed by atoms with Crippen molar-refractivity contribution >= 4 is 43.1 Å². The van der Waals surface area contributed by atoms with Gasteiger partial charge < -0.3 is 4.57 Å². The Balaban J connectivity index is 2.13. The molecule has 0 saturated heterocycles. The second-order valence-corrected chi connectivity index (χ2v) is 8.70. The smallest absolute Gasteiger partial charge is 0.259 e. The molecule has 1 amide bonds. The van der Waals surface area contributed by atoms with Crippen molar-refractivity contribution < 1.29 is 13.2 Å². The van der Waals surface area contributed by atoms with Crippen molar-refractivity contribution in [3.05, 3.63) is 41.5 Å². The summed E-state index contributed by atoms with van der Waals surface area (Å²) in [4.78, 5) is 16.9. The van der Waals surface area contributed by atoms with Crippen LogP contribution in [0.4, 0.5) is 5.13 Å². The Morgan fingerprint density at radius 2 is 2.08 bits per heavy atom. The molecule has 24 heavy (non-hydrogen) atoms. The maximum Gasteiger partial charge on any atom is 0.259 e. The van der Waals surface area contributed by atoms with Crippen LogP contribution in [0.3, 0.4) is 0 Å². The minimum Gasteiger partial charge on any atom is -0.344 e. The SMILES string of the molecule is CC(C)n1cc(C(=O)Nc2nccs2)c2ccc(S(C)(=O)=O)cc21. The number of fused-ring (bicyclic) bond motifs is 1. The highest BCUT2D eigenvalue weighted by molar-refractivity contribution is 7.90. The Hall–Kier alpha value is -2.19. The molecule has 0 atom stereocenters. The summed E-state index contributed by atoms with van der Waals surface area (Å²) in [7, 11) is -3.31. The zero-order valence-corrected chi connectivity index (χ0v) is 15.1. The Kier molecular flexibility index (Phi) is 4.18. The zero-order chi connectivity index (χ0) is 17.5. The molecule has 0 fully saturated rings. The number of hydrogen-bond donors (Lipinski definition) is 1. The van der Waals surface area contributed by atoms with E-state index in [1.54, 1.807) is 29.9 Å². The number of sulfone groups is 1. The third-order valence-electron chi connectivity index (χ3n) is 3.69. The number of nitrogens with zero attached hydrogens (tertiary/aromatic N) is 2. The van der Waals surface area contributed by atoms with E-state index < -0.39 is 9.84 Å². The van der Waals surface area contributed by atoms with E-state index in [0.717, 1.165) is 5.52 Å². The van der Waals surface area contributed by atoms with Crippen molar-refractivity contribution in [2.75, 3.05) is 11.6 Å². The number of carbonyl (C=O) groups excluding carboxylic acids is 1. The van der Waals surface area contributed by atoms with Gasteiger partial charge in [-0.25, -0.2) is 13.4 Å². The van der Waals surface area contributed by atoms with Gasteiger partial charge in [0.1, 0.15) is 0 Å². The summed E-state index contributed by atoms with van der Waals surface area (Å²) in [6.45, 7) is 3.96. The van der Waals surface area contributed by atoms with Gasteiger partial charge in [-0.2, -0.15) is 0 Å². The maximum atomic E-state index is 12.6. The number of thiazole rings is 1. The molecule has 0 saturated carbocycles. The van der Waals surface area contributed by atoms with E-state index >= 15 is 0 Å². The van der Waals surface area contributed by atoms with Crippen molar-refractivity contribution in [1.82, 2.24) is 9.55 Å². The summed E-state index contributed by atoms with van der Waals surface area (Å²) in [5.74, 6) is -0.263. The van der Waals surface area contributed by atoms with Gasteiger partial charge in [0.25, 0.3) is 5.91 Å². The van der Waals surface area contributed by atoms with Crippen molar-refractivity contribution in [2.24, 2.45) is 0 Å². The number of aromatic nitrogens is 2. The van der Waals surface area contributed by atoms with Crippen molar-refractivity contribution in [3.63, 3.8) is 0 Å². The van der Waals surface area contributed by atoms with Gasteiger partial charge in [-0.1, -0.05) is 6.07 Å². The van der Waals surface area contributed by atoms with Crippen molar-refractivity contribution in [2.45, 2.75) is 24.8 Å². The third kappa shape index (κ3) is 3.07. The van der Waals surface area contributed by atoms with Crippen LogP contribution in [0, 0.1) is 0 Å². The van der Waals surface area contributed by atoms with Gasteiger partial charge in [0, 0.05) is 35.5 Å². The summed E-state index contributed by atoms with van der Waals surface area (Å²) in [5.41, 5.74) is 1.21. The number of carbonyl (C=O) groups is 1. The van der Waals surface area contributed by atoms with Crippen LogP contribution in [0.1, 0.15) is 30.2 Å². The Labute approximate surface area is 144 Å². The first-order chi connectivity index (χ1) is 11.3. The van der Waals surface area contributed by atoms with Gasteiger partial charge in [0.2, 0.25) is 0 Å². The van der Waals surface area contributed by atoms with E-state index in [4.69, 9.17) is 0 Å². The van der Waals surface area contributed by atoms with Crippen LogP contribution in [-0.4, -0.2) is 30.1 Å². The van der Waals surface area contributed by atoms with Gasteiger partial charge in [-0.05, 0) is 26.0 Å². The van der Waals surface area contributed by atoms with Crippen molar-refractivity contribution in [3.8, 4) is 0 Å². The van der Waals surface area contributed by atoms with Gasteiger partial charge in [-0.15, -0.1) is 11.3 Å². The second kappa shape index (κ2) is 6.03. The molecule has 0 aliphatic rings. The van der Waals surface area contributed by atoms with E-state index in [-0.39, 0.29) is 16.8 Å². The van der Waals surface area contributed by atoms with Crippen LogP contribution in [0.5, 0.6) is 0 Å². The molecular formula is C16H17N3O3S2. The van der Waals surface area contributed by atoms with Gasteiger partial charge in [0.15, 0.2) is 15.0 Å². The summed E-state index contributed by atoms with van der Waals surface area (Å²) >= 11 is 1.34. The molecule has 2 aromatic heterocycles. The highest BCUT2D eigenvalue weighted by Gasteiger charge is 2.19. The van der Waals surface area contributed by atoms with E-state index in [0.29, 0.717) is 16.1 Å². The quantitative estimate of drug-likeness (QED) is 0.771. The van der Waals surface area contributed by atoms with Gasteiger partial charge >= 0.3 is 0 Å². The molecule has 0 bridgehead atoms. The average molecular weight is 363 g/mol. The fourth-order valence-corrected chi connectivity index (χ4v) is 3.68. The Bertz CT molecular complexity index is 1000. The van der Waals surface area contributed by atoms with Gasteiger partial charge in [-0.3, -0.25) is 10.1 Å². The third-order valence-corrected chi connectivity index (χ3v) is 5.49. The number of amides is 1. The first kappa shape index (κ1) is 16.7. The lowest BCUT2D eigenvalue weighted by Gasteiger charge is -2.09. The van der Waals surface area contributed by atoms with Gasteiger partial charge in [0.05, 0.1) is 16.0 Å². The summed E-state index contributed by atoms with van der Waals surface area (Å²) in [6, 6.07) is 4.91. The van der Waals surface area contributed by atoms with Crippen LogP contribution >= 0.6 is 11.3 Å². The van der Waals surface area contributed by atoms with Crippen molar-refractivity contribution in [1.29, 1.82) is 0 Å². The lowest BCUT2D eigenvalue weighted by molar-refractivity contribution is 0.102. The Morgan fingerprint density at radius 1 is 1.33 bits per heavy atom. The molecule has 0 spiro atoms. The minimum absolute atomic E-state index is 0.0868. The predicted molar refractivity (Wildman–Crippen MR) is 95.5 cm³/mol. The Morgan fingerprint density at radius 3 is 2.67 bits per heavy atom. The fraction of sp³-hybridized carbons (Fsp3) is 0.250. The normalized spacial score (nSPS) is 12.0. The highest BCUT2D eigenvalue weighted by Crippen LogP contribution is 2.28. The molecule has 3 aromatic rings. The van der Waals surface area contributed by atoms with E-state index in [2.05, 4.69) is 10.3 Å². The maximum absolute atomic E-state index is 12.6. The van der Waals surface area contributed by atoms with E-state index in [1.165, 1.54) is 23.7 Å². The molecule has 0 aliphatic carbocycles. The first-order valence-electron chi connectivity index (χ1n) is 7.33. The topological polar surface area (TPSA) is 81.1 Å². The lowest BCUT2D eigenvalue weighted by Crippen LogP contribution is -2.11. The summed E-state index contributed by atoms with van der Waals surface area (Å²) in [5, 5.41) is 5.79. The monoisotopic (exact) mass is 363 g/mol. The number of hydrogen-bond acceptors (Lipinski definition) is 5. The molecule has 0 radical (unpaired) electrons. The number of anilines is 1. The largest absolute Gasteiger partial charge is 0.344 e. The van der Waals surface area contributed by atoms with Crippen LogP contribution in [0.2, 0.25) is 0 Å². The summed E-state index contributed by atoms with van der Waals surface area (Å²) < 4.78 is 25.5. The molecule has 6 nitrogen and oxygen atoms in total. The van der Waals surface area contributed by atoms with E-state index in [9.17, 15) is 13.2 Å². The van der Waals surface area contributed by atoms with Crippen LogP contribution in [0.25, 0.3) is 10.9 Å². The molecule has 0 unspecified atom stereocenters. The predicted octanol–water partition coefficient (Wildman–Crippen LogP) is 3.33. The highest BCUT2D eigenvalue weighted by atomic mass is 32.2. The standard InChI is InChI=1S/C16H17N3O3S2/c1-10(2)19-9-13(15(20)18-16-17-6-7-23-16)12-5-4-11(8-14(12)19)24(3,21)22/h4-10H,1-3H3,(H,17,18,20). The second-order valence-electron chi connectivity index (χ2n) is 5.79. The van der Waals surface area contributed by atoms with Crippen LogP contribution in [-0.2, 0) is 9.84 Å². The molecule has 1 N–H and O–H groups in total. The molecule has 8 heteroatoms. The molecule has 2 heterocycles. The molecule has 126 valence electrons. The zero-order valence-electron chi connectivity index (χ0n) is 13.5. The fourth-order valence-electron chi connectivity index (χ4n) is 2.52. The summed E-state index contributed by atoms with van der Waals surface area (Å²) in [6.07, 6.45) is 4.55. The van der Waals surface area contributed by atoms with Crippen LogP contribution < -0.4 is 5.32 Å².